The maximum Gasteiger partial charge on any atom is 0.245 e. The van der Waals surface area contributed by atoms with Gasteiger partial charge in [0.1, 0.15) is 4.90 Å². The largest absolute Gasteiger partial charge is 0.377 e. The van der Waals surface area contributed by atoms with Crippen molar-refractivity contribution in [3.05, 3.63) is 14.7 Å². The van der Waals surface area contributed by atoms with Gasteiger partial charge in [0.25, 0.3) is 0 Å². The number of thiophene rings is 1. The summed E-state index contributed by atoms with van der Waals surface area (Å²) in [4.78, 5) is 1.14. The first-order valence-corrected chi connectivity index (χ1v) is 9.80. The minimum atomic E-state index is -3.50. The fourth-order valence-electron chi connectivity index (χ4n) is 2.31. The Morgan fingerprint density at radius 2 is 2.30 bits per heavy atom. The average Bonchev–Trinajstić information content (AvgIpc) is 2.81. The molecule has 114 valence electrons. The molecule has 0 radical (unpaired) electrons. The van der Waals surface area contributed by atoms with Crippen molar-refractivity contribution in [2.75, 3.05) is 20.2 Å². The molecule has 0 aromatic carbocycles. The summed E-state index contributed by atoms with van der Waals surface area (Å²) in [5.74, 6) is 0.314. The molecule has 2 heterocycles. The van der Waals surface area contributed by atoms with Gasteiger partial charge in [-0.2, -0.15) is 4.31 Å². The highest BCUT2D eigenvalue weighted by molar-refractivity contribution is 9.11. The molecule has 1 aliphatic heterocycles. The van der Waals surface area contributed by atoms with Crippen molar-refractivity contribution in [1.29, 1.82) is 0 Å². The lowest BCUT2D eigenvalue weighted by atomic mass is 9.96. The molecule has 1 aromatic rings. The van der Waals surface area contributed by atoms with Gasteiger partial charge in [-0.05, 0) is 41.8 Å². The van der Waals surface area contributed by atoms with Crippen LogP contribution in [0.15, 0.2) is 14.7 Å². The van der Waals surface area contributed by atoms with E-state index in [1.165, 1.54) is 15.6 Å². The Morgan fingerprint density at radius 3 is 2.85 bits per heavy atom. The van der Waals surface area contributed by atoms with Crippen molar-refractivity contribution in [3.63, 3.8) is 0 Å². The first-order chi connectivity index (χ1) is 9.32. The Morgan fingerprint density at radius 1 is 1.60 bits per heavy atom. The summed E-state index contributed by atoms with van der Waals surface area (Å²) in [5, 5.41) is 0. The third-order valence-corrected chi connectivity index (χ3v) is 8.12. The van der Waals surface area contributed by atoms with Crippen molar-refractivity contribution in [2.45, 2.75) is 36.1 Å². The molecule has 8 heteroatoms. The molecular formula is C12H17BrClNO3S2. The summed E-state index contributed by atoms with van der Waals surface area (Å²) in [6.07, 6.45) is 1.67. The van der Waals surface area contributed by atoms with E-state index in [4.69, 9.17) is 16.3 Å². The van der Waals surface area contributed by atoms with E-state index in [2.05, 4.69) is 15.9 Å². The second-order valence-corrected chi connectivity index (χ2v) is 9.71. The highest BCUT2D eigenvalue weighted by Gasteiger charge is 2.38. The van der Waals surface area contributed by atoms with Crippen molar-refractivity contribution in [2.24, 2.45) is 0 Å². The molecule has 0 bridgehead atoms. The SMILES string of the molecule is COC1(C)CCCN(S(=O)(=O)c2cc(CCl)sc2Br)C1. The number of hydrogen-bond acceptors (Lipinski definition) is 4. The smallest absolute Gasteiger partial charge is 0.245 e. The summed E-state index contributed by atoms with van der Waals surface area (Å²) >= 11 is 10.5. The molecule has 0 saturated carbocycles. The molecule has 0 amide bonds. The molecule has 1 aliphatic rings. The lowest BCUT2D eigenvalue weighted by molar-refractivity contribution is -0.0319. The number of ether oxygens (including phenoxy) is 1. The molecule has 1 saturated heterocycles. The summed E-state index contributed by atoms with van der Waals surface area (Å²) < 4.78 is 33.1. The second kappa shape index (κ2) is 6.22. The summed E-state index contributed by atoms with van der Waals surface area (Å²) in [6.45, 7) is 2.85. The zero-order valence-electron chi connectivity index (χ0n) is 11.4. The van der Waals surface area contributed by atoms with Crippen LogP contribution in [-0.4, -0.2) is 38.5 Å². The molecular weight excluding hydrogens is 386 g/mol. The van der Waals surface area contributed by atoms with E-state index in [9.17, 15) is 8.42 Å². The highest BCUT2D eigenvalue weighted by Crippen LogP contribution is 2.36. The van der Waals surface area contributed by atoms with Crippen LogP contribution in [0.2, 0.25) is 0 Å². The number of sulfonamides is 1. The second-order valence-electron chi connectivity index (χ2n) is 5.08. The lowest BCUT2D eigenvalue weighted by Gasteiger charge is -2.38. The number of methoxy groups -OCH3 is 1. The zero-order valence-corrected chi connectivity index (χ0v) is 15.3. The monoisotopic (exact) mass is 401 g/mol. The predicted octanol–water partition coefficient (Wildman–Crippen LogP) is 3.44. The third kappa shape index (κ3) is 3.23. The summed E-state index contributed by atoms with van der Waals surface area (Å²) in [6, 6.07) is 1.65. The number of rotatable bonds is 4. The number of hydrogen-bond donors (Lipinski definition) is 0. The van der Waals surface area contributed by atoms with Gasteiger partial charge in [0, 0.05) is 25.1 Å². The van der Waals surface area contributed by atoms with Crippen molar-refractivity contribution >= 4 is 48.9 Å². The van der Waals surface area contributed by atoms with Crippen LogP contribution >= 0.6 is 38.9 Å². The van der Waals surface area contributed by atoms with Crippen LogP contribution in [0.4, 0.5) is 0 Å². The van der Waals surface area contributed by atoms with Gasteiger partial charge >= 0.3 is 0 Å². The first-order valence-electron chi connectivity index (χ1n) is 6.22. The minimum absolute atomic E-state index is 0.304. The van der Waals surface area contributed by atoms with Gasteiger partial charge in [0.15, 0.2) is 0 Å². The van der Waals surface area contributed by atoms with E-state index >= 15 is 0 Å². The van der Waals surface area contributed by atoms with E-state index < -0.39 is 15.6 Å². The van der Waals surface area contributed by atoms with Gasteiger partial charge in [-0.3, -0.25) is 0 Å². The molecule has 4 nitrogen and oxygen atoms in total. The number of alkyl halides is 1. The number of halogens is 2. The Hall–Kier alpha value is 0.340. The standard InChI is InChI=1S/C12H17BrClNO3S2/c1-12(18-2)4-3-5-15(8-12)20(16,17)10-6-9(7-14)19-11(10)13/h6H,3-5,7-8H2,1-2H3. The topological polar surface area (TPSA) is 46.6 Å². The molecule has 1 unspecified atom stereocenters. The van der Waals surface area contributed by atoms with Gasteiger partial charge in [-0.25, -0.2) is 8.42 Å². The van der Waals surface area contributed by atoms with Crippen LogP contribution in [0.3, 0.4) is 0 Å². The van der Waals surface area contributed by atoms with Crippen molar-refractivity contribution in [3.8, 4) is 0 Å². The summed E-state index contributed by atoms with van der Waals surface area (Å²) in [7, 11) is -1.88. The normalized spacial score (nSPS) is 25.0. The van der Waals surface area contributed by atoms with Crippen LogP contribution < -0.4 is 0 Å². The van der Waals surface area contributed by atoms with Crippen LogP contribution in [0.1, 0.15) is 24.6 Å². The summed E-state index contributed by atoms with van der Waals surface area (Å²) in [5.41, 5.74) is -0.414. The van der Waals surface area contributed by atoms with E-state index in [1.807, 2.05) is 6.92 Å². The van der Waals surface area contributed by atoms with Gasteiger partial charge in [-0.1, -0.05) is 0 Å². The van der Waals surface area contributed by atoms with E-state index in [0.717, 1.165) is 17.7 Å². The molecule has 1 atom stereocenters. The highest BCUT2D eigenvalue weighted by atomic mass is 79.9. The van der Waals surface area contributed by atoms with Gasteiger partial charge < -0.3 is 4.74 Å². The maximum atomic E-state index is 12.7. The fraction of sp³-hybridized carbons (Fsp3) is 0.667. The van der Waals surface area contributed by atoms with Crippen LogP contribution in [-0.2, 0) is 20.6 Å². The average molecular weight is 403 g/mol. The Balaban J connectivity index is 2.32. The Labute approximate surface area is 137 Å². The van der Waals surface area contributed by atoms with Gasteiger partial charge in [0.05, 0.1) is 15.3 Å². The van der Waals surface area contributed by atoms with Crippen molar-refractivity contribution < 1.29 is 13.2 Å². The fourth-order valence-corrected chi connectivity index (χ4v) is 6.62. The lowest BCUT2D eigenvalue weighted by Crippen LogP contribution is -2.49. The molecule has 1 fully saturated rings. The van der Waals surface area contributed by atoms with Crippen LogP contribution in [0.25, 0.3) is 0 Å². The maximum absolute atomic E-state index is 12.7. The minimum Gasteiger partial charge on any atom is -0.377 e. The van der Waals surface area contributed by atoms with Crippen LogP contribution in [0, 0.1) is 0 Å². The van der Waals surface area contributed by atoms with Crippen molar-refractivity contribution in [1.82, 2.24) is 4.31 Å². The molecule has 2 rings (SSSR count). The molecule has 1 aromatic heterocycles. The molecule has 0 spiro atoms. The first kappa shape index (κ1) is 16.7. The zero-order chi connectivity index (χ0) is 15.0. The van der Waals surface area contributed by atoms with E-state index in [-0.39, 0.29) is 0 Å². The number of piperidine rings is 1. The van der Waals surface area contributed by atoms with Gasteiger partial charge in [-0.15, -0.1) is 22.9 Å². The Kier molecular flexibility index (Phi) is 5.20. The molecule has 20 heavy (non-hydrogen) atoms. The Bertz CT molecular complexity index is 590. The molecule has 0 aliphatic carbocycles. The quantitative estimate of drug-likeness (QED) is 0.725. The number of nitrogens with zero attached hydrogens (tertiary/aromatic N) is 1. The van der Waals surface area contributed by atoms with Gasteiger partial charge in [0.2, 0.25) is 10.0 Å². The van der Waals surface area contributed by atoms with E-state index in [1.54, 1.807) is 13.2 Å². The van der Waals surface area contributed by atoms with Crippen LogP contribution in [0.5, 0.6) is 0 Å². The third-order valence-electron chi connectivity index (χ3n) is 3.57. The van der Waals surface area contributed by atoms with E-state index in [0.29, 0.717) is 27.7 Å². The predicted molar refractivity (Wildman–Crippen MR) is 85.0 cm³/mol. The molecule has 0 N–H and O–H groups in total.